The SMILES string of the molecule is Cc1ccc(N(c2ccc(C)cc2)c2ccc([C+](c3ccc(N(c4ccc(C)cc4)c4ccc(C)cc4)cc3)c3c(-c4ccccc4)n(C)c4ccccc34)cc2)cc1.Nc1c(S(=O)(=O)O)cc(Nc2ccccc2)c2c1C(=O)c1ccccc1C2=O. The molecular formula is C76H62N5O5S+. The van der Waals surface area contributed by atoms with E-state index in [1.807, 2.05) is 0 Å². The van der Waals surface area contributed by atoms with Crippen molar-refractivity contribution in [3.8, 4) is 11.3 Å². The summed E-state index contributed by atoms with van der Waals surface area (Å²) in [5, 5.41) is 4.17. The summed E-state index contributed by atoms with van der Waals surface area (Å²) < 4.78 is 35.6. The van der Waals surface area contributed by atoms with E-state index < -0.39 is 32.3 Å². The minimum atomic E-state index is -4.73. The molecule has 0 radical (unpaired) electrons. The lowest BCUT2D eigenvalue weighted by molar-refractivity contribution is 0.0980. The summed E-state index contributed by atoms with van der Waals surface area (Å²) in [6.07, 6.45) is 0. The maximum absolute atomic E-state index is 13.1. The highest BCUT2D eigenvalue weighted by Crippen LogP contribution is 2.46. The number of aryl methyl sites for hydroxylation is 5. The quantitative estimate of drug-likeness (QED) is 0.0585. The maximum Gasteiger partial charge on any atom is 0.296 e. The van der Waals surface area contributed by atoms with Gasteiger partial charge in [0.2, 0.25) is 0 Å². The summed E-state index contributed by atoms with van der Waals surface area (Å²) >= 11 is 0. The Hall–Kier alpha value is -10.7. The highest BCUT2D eigenvalue weighted by Gasteiger charge is 2.37. The molecule has 0 atom stereocenters. The zero-order chi connectivity index (χ0) is 60.5. The number of para-hydroxylation sites is 2. The first-order valence-electron chi connectivity index (χ1n) is 28.6. The van der Waals surface area contributed by atoms with Crippen LogP contribution in [0, 0.1) is 33.6 Å². The number of nitrogen functional groups attached to an aromatic ring is 1. The largest absolute Gasteiger partial charge is 0.397 e. The highest BCUT2D eigenvalue weighted by atomic mass is 32.2. The number of aromatic nitrogens is 1. The lowest BCUT2D eigenvalue weighted by Gasteiger charge is -2.26. The first-order valence-corrected chi connectivity index (χ1v) is 30.1. The summed E-state index contributed by atoms with van der Waals surface area (Å²) in [6.45, 7) is 8.55. The van der Waals surface area contributed by atoms with Crippen LogP contribution < -0.4 is 20.9 Å². The molecule has 0 saturated heterocycles. The van der Waals surface area contributed by atoms with E-state index in [9.17, 15) is 22.6 Å². The van der Waals surface area contributed by atoms with E-state index >= 15 is 0 Å². The summed E-state index contributed by atoms with van der Waals surface area (Å²) in [5.41, 5.74) is 24.9. The molecule has 1 heterocycles. The van der Waals surface area contributed by atoms with Gasteiger partial charge in [0.15, 0.2) is 11.6 Å². The number of nitrogens with two attached hydrogens (primary N) is 1. The van der Waals surface area contributed by atoms with Crippen molar-refractivity contribution < 1.29 is 22.6 Å². The van der Waals surface area contributed by atoms with E-state index in [1.54, 1.807) is 42.5 Å². The highest BCUT2D eigenvalue weighted by molar-refractivity contribution is 7.86. The van der Waals surface area contributed by atoms with Crippen molar-refractivity contribution in [2.45, 2.75) is 32.6 Å². The number of ketones is 2. The Bertz CT molecular complexity index is 4400. The number of anilines is 9. The molecule has 426 valence electrons. The van der Waals surface area contributed by atoms with Gasteiger partial charge in [0.1, 0.15) is 10.6 Å². The molecule has 0 spiro atoms. The van der Waals surface area contributed by atoms with Crippen molar-refractivity contribution in [1.29, 1.82) is 0 Å². The number of benzene rings is 11. The molecule has 13 rings (SSSR count). The Morgan fingerprint density at radius 1 is 0.460 bits per heavy atom. The third-order valence-electron chi connectivity index (χ3n) is 15.9. The van der Waals surface area contributed by atoms with E-state index in [4.69, 9.17) is 5.73 Å². The van der Waals surface area contributed by atoms with Crippen molar-refractivity contribution in [1.82, 2.24) is 4.57 Å². The van der Waals surface area contributed by atoms with Crippen molar-refractivity contribution in [3.63, 3.8) is 0 Å². The molecule has 0 amide bonds. The second-order valence-corrected chi connectivity index (χ2v) is 23.3. The summed E-state index contributed by atoms with van der Waals surface area (Å²) in [7, 11) is -2.53. The first-order chi connectivity index (χ1) is 42.1. The molecule has 0 bridgehead atoms. The second kappa shape index (κ2) is 23.7. The van der Waals surface area contributed by atoms with Gasteiger partial charge in [-0.15, -0.1) is 0 Å². The van der Waals surface area contributed by atoms with E-state index in [2.05, 4.69) is 255 Å². The topological polar surface area (TPSA) is 138 Å². The second-order valence-electron chi connectivity index (χ2n) is 21.9. The van der Waals surface area contributed by atoms with Crippen molar-refractivity contribution in [2.24, 2.45) is 7.05 Å². The minimum Gasteiger partial charge on any atom is -0.397 e. The molecule has 1 aliphatic carbocycles. The molecule has 11 aromatic carbocycles. The fraction of sp³-hybridized carbons (Fsp3) is 0.0658. The van der Waals surface area contributed by atoms with E-state index in [0.29, 0.717) is 5.69 Å². The van der Waals surface area contributed by atoms with Gasteiger partial charge in [0.25, 0.3) is 10.1 Å². The first kappa shape index (κ1) is 56.7. The third-order valence-corrected chi connectivity index (χ3v) is 16.8. The van der Waals surface area contributed by atoms with Crippen molar-refractivity contribution >= 4 is 83.8 Å². The molecule has 0 fully saturated rings. The van der Waals surface area contributed by atoms with Gasteiger partial charge < -0.3 is 25.4 Å². The number of carbonyl (C=O) groups excluding carboxylic acids is 2. The lowest BCUT2D eigenvalue weighted by atomic mass is 9.82. The zero-order valence-corrected chi connectivity index (χ0v) is 49.6. The molecule has 4 N–H and O–H groups in total. The van der Waals surface area contributed by atoms with Crippen molar-refractivity contribution in [3.05, 3.63) is 328 Å². The Balaban J connectivity index is 0.000000220. The number of fused-ring (bicyclic) bond motifs is 3. The number of hydrogen-bond donors (Lipinski definition) is 3. The normalized spacial score (nSPS) is 11.7. The fourth-order valence-corrected chi connectivity index (χ4v) is 12.2. The van der Waals surface area contributed by atoms with Gasteiger partial charge in [0, 0.05) is 52.2 Å². The van der Waals surface area contributed by atoms with Crippen LogP contribution in [0.5, 0.6) is 0 Å². The Kier molecular flexibility index (Phi) is 15.5. The van der Waals surface area contributed by atoms with E-state index in [1.165, 1.54) is 68.0 Å². The molecule has 10 nitrogen and oxygen atoms in total. The Morgan fingerprint density at radius 3 is 1.25 bits per heavy atom. The summed E-state index contributed by atoms with van der Waals surface area (Å²) in [4.78, 5) is 30.2. The van der Waals surface area contributed by atoms with Gasteiger partial charge in [-0.1, -0.05) is 144 Å². The van der Waals surface area contributed by atoms with Crippen LogP contribution in [-0.2, 0) is 17.2 Å². The third kappa shape index (κ3) is 11.3. The molecular weight excluding hydrogens is 1090 g/mol. The van der Waals surface area contributed by atoms with E-state index in [-0.39, 0.29) is 27.9 Å². The van der Waals surface area contributed by atoms with Crippen LogP contribution in [0.1, 0.15) is 70.8 Å². The van der Waals surface area contributed by atoms with Crippen LogP contribution >= 0.6 is 0 Å². The molecule has 0 unspecified atom stereocenters. The predicted octanol–water partition coefficient (Wildman–Crippen LogP) is 18.1. The van der Waals surface area contributed by atoms with Crippen molar-refractivity contribution in [2.75, 3.05) is 20.9 Å². The van der Waals surface area contributed by atoms with Crippen LogP contribution in [0.3, 0.4) is 0 Å². The Labute approximate surface area is 507 Å². The van der Waals surface area contributed by atoms with Gasteiger partial charge in [-0.25, -0.2) is 0 Å². The summed E-state index contributed by atoms with van der Waals surface area (Å²) in [6, 6.07) is 89.1. The van der Waals surface area contributed by atoms with Gasteiger partial charge >= 0.3 is 0 Å². The molecule has 11 heteroatoms. The summed E-state index contributed by atoms with van der Waals surface area (Å²) in [5.74, 6) is 0.148. The molecule has 1 aliphatic rings. The van der Waals surface area contributed by atoms with Crippen LogP contribution in [0.15, 0.2) is 266 Å². The van der Waals surface area contributed by atoms with Gasteiger partial charge in [0.05, 0.1) is 67.4 Å². The predicted molar refractivity (Wildman–Crippen MR) is 354 cm³/mol. The average molecular weight is 1160 g/mol. The van der Waals surface area contributed by atoms with Crippen LogP contribution in [-0.4, -0.2) is 29.1 Å². The van der Waals surface area contributed by atoms with Crippen LogP contribution in [0.4, 0.5) is 51.2 Å². The average Bonchev–Trinajstić information content (AvgIpc) is 1.62. The number of rotatable bonds is 13. The van der Waals surface area contributed by atoms with Gasteiger partial charge in [-0.2, -0.15) is 8.42 Å². The number of nitrogens with one attached hydrogen (secondary N) is 1. The zero-order valence-electron chi connectivity index (χ0n) is 48.7. The van der Waals surface area contributed by atoms with Crippen LogP contribution in [0.25, 0.3) is 22.2 Å². The number of hydrogen-bond acceptors (Lipinski definition) is 8. The molecule has 0 aliphatic heterocycles. The smallest absolute Gasteiger partial charge is 0.296 e. The maximum atomic E-state index is 13.1. The molecule has 87 heavy (non-hydrogen) atoms. The van der Waals surface area contributed by atoms with Gasteiger partial charge in [-0.3, -0.25) is 14.1 Å². The lowest BCUT2D eigenvalue weighted by Crippen LogP contribution is -2.25. The number of carbonyl (C=O) groups is 2. The fourth-order valence-electron chi connectivity index (χ4n) is 11.5. The monoisotopic (exact) mass is 1160 g/mol. The van der Waals surface area contributed by atoms with Crippen LogP contribution in [0.2, 0.25) is 0 Å². The van der Waals surface area contributed by atoms with E-state index in [0.717, 1.165) is 51.3 Å². The number of nitrogens with zero attached hydrogens (tertiary/aromatic N) is 3. The van der Waals surface area contributed by atoms with Gasteiger partial charge in [-0.05, 0) is 167 Å². The standard InChI is InChI=1S/C56H48N3.C20H14N2O5S/c1-39-15-27-46(28-16-39)58(47-29-17-40(2)18-30-47)50-35-23-43(24-36-50)54(55-52-13-9-10-14-53(52)57(5)56(55)45-11-7-6-8-12-45)44-25-37-51(38-26-44)59(48-31-19-41(3)20-32-48)49-33-21-42(4)22-34-49;21-18-15(28(25,26)27)10-14(22-11-6-2-1-3-7-11)16-17(18)20(24)13-9-5-4-8-12(13)19(16)23/h6-38H,1-5H3;1-10,22H,21H2,(H,25,26,27)/q+1;. The Morgan fingerprint density at radius 2 is 0.828 bits per heavy atom. The molecule has 12 aromatic rings. The minimum absolute atomic E-state index is 0.0301. The molecule has 1 aromatic heterocycles. The molecule has 0 saturated carbocycles.